The van der Waals surface area contributed by atoms with E-state index in [1.165, 1.54) is 41.8 Å². The third kappa shape index (κ3) is 4.35. The van der Waals surface area contributed by atoms with Gasteiger partial charge in [-0.15, -0.1) is 0 Å². The van der Waals surface area contributed by atoms with Gasteiger partial charge >= 0.3 is 0 Å². The molecule has 1 amide bonds. The van der Waals surface area contributed by atoms with Crippen molar-refractivity contribution in [3.8, 4) is 0 Å². The molecule has 2 aromatic carbocycles. The largest absolute Gasteiger partial charge is 0.369 e. The minimum atomic E-state index is -3.72. The zero-order valence-electron chi connectivity index (χ0n) is 19.8. The third-order valence-corrected chi connectivity index (χ3v) is 10.5. The highest BCUT2D eigenvalue weighted by Gasteiger charge is 2.51. The minimum Gasteiger partial charge on any atom is -0.369 e. The summed E-state index contributed by atoms with van der Waals surface area (Å²) >= 11 is 0. The lowest BCUT2D eigenvalue weighted by atomic mass is 9.53. The summed E-state index contributed by atoms with van der Waals surface area (Å²) in [4.78, 5) is 15.5. The van der Waals surface area contributed by atoms with Crippen LogP contribution in [0.2, 0.25) is 0 Å². The van der Waals surface area contributed by atoms with Gasteiger partial charge in [0.15, 0.2) is 0 Å². The maximum atomic E-state index is 13.4. The molecule has 4 aliphatic carbocycles. The quantitative estimate of drug-likeness (QED) is 0.677. The van der Waals surface area contributed by atoms with Gasteiger partial charge in [0, 0.05) is 43.0 Å². The molecule has 6 nitrogen and oxygen atoms in total. The highest BCUT2D eigenvalue weighted by atomic mass is 32.2. The fourth-order valence-electron chi connectivity index (χ4n) is 7.36. The molecule has 4 saturated carbocycles. The molecule has 1 heterocycles. The Hall–Kier alpha value is -2.45. The van der Waals surface area contributed by atoms with Crippen LogP contribution < -0.4 is 10.2 Å². The molecule has 0 spiro atoms. The van der Waals surface area contributed by atoms with Gasteiger partial charge in [-0.3, -0.25) is 4.79 Å². The zero-order chi connectivity index (χ0) is 24.2. The van der Waals surface area contributed by atoms with E-state index in [2.05, 4.69) is 10.2 Å². The summed E-state index contributed by atoms with van der Waals surface area (Å²) < 4.78 is 41.5. The van der Waals surface area contributed by atoms with Gasteiger partial charge in [0.05, 0.1) is 4.90 Å². The fraction of sp³-hybridized carbons (Fsp3) is 0.519. The number of halogens is 1. The Morgan fingerprint density at radius 3 is 2.09 bits per heavy atom. The van der Waals surface area contributed by atoms with E-state index in [1.807, 2.05) is 0 Å². The number of rotatable bonds is 5. The molecule has 0 radical (unpaired) electrons. The summed E-state index contributed by atoms with van der Waals surface area (Å²) in [6.07, 6.45) is 7.08. The highest BCUT2D eigenvalue weighted by molar-refractivity contribution is 7.89. The molecule has 0 atom stereocenters. The van der Waals surface area contributed by atoms with Crippen LogP contribution in [0.4, 0.5) is 10.1 Å². The monoisotopic (exact) mass is 497 g/mol. The molecule has 0 unspecified atom stereocenters. The lowest BCUT2D eigenvalue weighted by Crippen LogP contribution is -2.59. The SMILES string of the molecule is O=C(NC12CC3CC(CC(C3)C1)C2)c1cccc(S(=O)(=O)N2CCN(c3ccc(F)cc3)CC2)c1. The van der Waals surface area contributed by atoms with Crippen molar-refractivity contribution in [3.05, 3.63) is 59.9 Å². The number of sulfonamides is 1. The summed E-state index contributed by atoms with van der Waals surface area (Å²) in [5.74, 6) is 1.72. The molecule has 8 heteroatoms. The fourth-order valence-corrected chi connectivity index (χ4v) is 8.83. The van der Waals surface area contributed by atoms with E-state index in [-0.39, 0.29) is 22.2 Å². The predicted octanol–water partition coefficient (Wildman–Crippen LogP) is 4.04. The van der Waals surface area contributed by atoms with Gasteiger partial charge in [0.25, 0.3) is 5.91 Å². The van der Waals surface area contributed by atoms with Gasteiger partial charge in [-0.05, 0) is 98.7 Å². The first-order chi connectivity index (χ1) is 16.8. The Kier molecular flexibility index (Phi) is 5.64. The molecular weight excluding hydrogens is 465 g/mol. The van der Waals surface area contributed by atoms with Gasteiger partial charge in [-0.1, -0.05) is 6.07 Å². The number of nitrogens with one attached hydrogen (secondary N) is 1. The first kappa shape index (κ1) is 23.0. The standard InChI is InChI=1S/C27H32FN3O3S/c28-23-4-6-24(7-5-23)30-8-10-31(11-9-30)35(33,34)25-3-1-2-22(15-25)26(32)29-27-16-19-12-20(17-27)14-21(13-19)18-27/h1-7,15,19-21H,8-14,16-18H2,(H,29,32). The molecule has 2 aromatic rings. The lowest BCUT2D eigenvalue weighted by Gasteiger charge is -2.56. The van der Waals surface area contributed by atoms with Crippen LogP contribution in [0.25, 0.3) is 0 Å². The highest BCUT2D eigenvalue weighted by Crippen LogP contribution is 2.55. The number of carbonyl (C=O) groups excluding carboxylic acids is 1. The van der Waals surface area contributed by atoms with Crippen molar-refractivity contribution >= 4 is 21.6 Å². The summed E-state index contributed by atoms with van der Waals surface area (Å²) in [6.45, 7) is 1.72. The van der Waals surface area contributed by atoms with Crippen molar-refractivity contribution in [2.24, 2.45) is 17.8 Å². The summed E-state index contributed by atoms with van der Waals surface area (Å²) in [5.41, 5.74) is 1.18. The summed E-state index contributed by atoms with van der Waals surface area (Å²) in [6, 6.07) is 12.7. The topological polar surface area (TPSA) is 69.7 Å². The molecule has 1 saturated heterocycles. The average Bonchev–Trinajstić information content (AvgIpc) is 2.83. The maximum absolute atomic E-state index is 13.4. The van der Waals surface area contributed by atoms with E-state index in [0.717, 1.165) is 42.7 Å². The third-order valence-electron chi connectivity index (χ3n) is 8.58. The van der Waals surface area contributed by atoms with Crippen molar-refractivity contribution in [1.82, 2.24) is 9.62 Å². The number of anilines is 1. The molecule has 4 bridgehead atoms. The Morgan fingerprint density at radius 1 is 0.886 bits per heavy atom. The summed E-state index contributed by atoms with van der Waals surface area (Å²) in [7, 11) is -3.72. The number of benzene rings is 2. The Bertz CT molecular complexity index is 1190. The Labute approximate surface area is 206 Å². The number of hydrogen-bond donors (Lipinski definition) is 1. The number of carbonyl (C=O) groups is 1. The second kappa shape index (κ2) is 8.59. The second-order valence-corrected chi connectivity index (χ2v) is 13.0. The second-order valence-electron chi connectivity index (χ2n) is 11.0. The number of amides is 1. The zero-order valence-corrected chi connectivity index (χ0v) is 20.6. The van der Waals surface area contributed by atoms with E-state index in [0.29, 0.717) is 31.7 Å². The van der Waals surface area contributed by atoms with Gasteiger partial charge in [-0.2, -0.15) is 4.31 Å². The van der Waals surface area contributed by atoms with Crippen molar-refractivity contribution in [3.63, 3.8) is 0 Å². The van der Waals surface area contributed by atoms with E-state index in [1.54, 1.807) is 30.3 Å². The van der Waals surface area contributed by atoms with Crippen LogP contribution in [0.1, 0.15) is 48.9 Å². The maximum Gasteiger partial charge on any atom is 0.251 e. The molecular formula is C27H32FN3O3S. The van der Waals surface area contributed by atoms with Crippen LogP contribution in [0, 0.1) is 23.6 Å². The number of hydrogen-bond acceptors (Lipinski definition) is 4. The molecule has 1 N–H and O–H groups in total. The van der Waals surface area contributed by atoms with Gasteiger partial charge in [0.1, 0.15) is 5.82 Å². The normalized spacial score (nSPS) is 30.4. The molecule has 5 fully saturated rings. The van der Waals surface area contributed by atoms with E-state index in [4.69, 9.17) is 0 Å². The Morgan fingerprint density at radius 2 is 1.49 bits per heavy atom. The molecule has 0 aromatic heterocycles. The van der Waals surface area contributed by atoms with Crippen molar-refractivity contribution in [1.29, 1.82) is 0 Å². The average molecular weight is 498 g/mol. The number of piperazine rings is 1. The molecule has 5 aliphatic rings. The van der Waals surface area contributed by atoms with Crippen LogP contribution >= 0.6 is 0 Å². The Balaban J connectivity index is 1.14. The molecule has 1 aliphatic heterocycles. The van der Waals surface area contributed by atoms with Gasteiger partial charge in [0.2, 0.25) is 10.0 Å². The van der Waals surface area contributed by atoms with E-state index >= 15 is 0 Å². The van der Waals surface area contributed by atoms with Gasteiger partial charge in [-0.25, -0.2) is 12.8 Å². The summed E-state index contributed by atoms with van der Waals surface area (Å²) in [5, 5.41) is 3.35. The van der Waals surface area contributed by atoms with Gasteiger partial charge < -0.3 is 10.2 Å². The van der Waals surface area contributed by atoms with Crippen LogP contribution in [0.5, 0.6) is 0 Å². The lowest BCUT2D eigenvalue weighted by molar-refractivity contribution is -0.0167. The smallest absolute Gasteiger partial charge is 0.251 e. The van der Waals surface area contributed by atoms with E-state index in [9.17, 15) is 17.6 Å². The van der Waals surface area contributed by atoms with Crippen LogP contribution in [-0.4, -0.2) is 50.3 Å². The van der Waals surface area contributed by atoms with Crippen molar-refractivity contribution in [2.45, 2.75) is 49.0 Å². The molecule has 186 valence electrons. The van der Waals surface area contributed by atoms with Crippen LogP contribution in [-0.2, 0) is 10.0 Å². The van der Waals surface area contributed by atoms with Crippen LogP contribution in [0.3, 0.4) is 0 Å². The number of nitrogens with zero attached hydrogens (tertiary/aromatic N) is 2. The first-order valence-electron chi connectivity index (χ1n) is 12.7. The molecule has 7 rings (SSSR count). The first-order valence-corrected chi connectivity index (χ1v) is 14.2. The van der Waals surface area contributed by atoms with Crippen molar-refractivity contribution < 1.29 is 17.6 Å². The van der Waals surface area contributed by atoms with E-state index < -0.39 is 10.0 Å². The predicted molar refractivity (Wildman–Crippen MR) is 132 cm³/mol. The van der Waals surface area contributed by atoms with Crippen LogP contribution in [0.15, 0.2) is 53.4 Å². The molecule has 35 heavy (non-hydrogen) atoms. The van der Waals surface area contributed by atoms with Crippen molar-refractivity contribution in [2.75, 3.05) is 31.1 Å². The minimum absolute atomic E-state index is 0.114.